The number of phosphoric acid groups is 1. The number of likely N-dealkylation sites (tertiary alicyclic amines) is 2. The van der Waals surface area contributed by atoms with E-state index in [9.17, 15) is 19.0 Å². The van der Waals surface area contributed by atoms with E-state index in [0.717, 1.165) is 25.0 Å². The Morgan fingerprint density at radius 3 is 2.24 bits per heavy atom. The van der Waals surface area contributed by atoms with Gasteiger partial charge in [0.05, 0.1) is 37.5 Å². The van der Waals surface area contributed by atoms with Gasteiger partial charge in [0.15, 0.2) is 0 Å². The Morgan fingerprint density at radius 1 is 0.974 bits per heavy atom. The molecule has 1 unspecified atom stereocenters. The lowest BCUT2D eigenvalue weighted by Gasteiger charge is -2.26. The average molecular weight is 579 g/mol. The van der Waals surface area contributed by atoms with Crippen LogP contribution in [0.25, 0.3) is 0 Å². The smallest absolute Gasteiger partial charge is 0.377 e. The van der Waals surface area contributed by atoms with Gasteiger partial charge < -0.3 is 19.4 Å². The van der Waals surface area contributed by atoms with Gasteiger partial charge in [-0.05, 0) is 62.4 Å². The number of hydrogen-bond acceptors (Lipinski definition) is 7. The quantitative estimate of drug-likeness (QED) is 0.199. The van der Waals surface area contributed by atoms with E-state index < -0.39 is 13.9 Å². The fourth-order valence-corrected chi connectivity index (χ4v) is 6.71. The average Bonchev–Trinajstić information content (AvgIpc) is 3.39. The highest BCUT2D eigenvalue weighted by atomic mass is 32.2. The number of hydrogen-bond donors (Lipinski definition) is 1. The van der Waals surface area contributed by atoms with Gasteiger partial charge in [0.25, 0.3) is 0 Å². The first kappa shape index (κ1) is 33.6. The largest absolute Gasteiger partial charge is 0.472 e. The molecule has 38 heavy (non-hydrogen) atoms. The molecule has 222 valence electrons. The number of carbonyl (C=O) groups excluding carboxylic acids is 2. The highest BCUT2D eigenvalue weighted by molar-refractivity contribution is 7.99. The van der Waals surface area contributed by atoms with Gasteiger partial charge in [-0.25, -0.2) is 4.57 Å². The first-order chi connectivity index (χ1) is 17.8. The molecule has 2 amide bonds. The maximum absolute atomic E-state index is 13.0. The summed E-state index contributed by atoms with van der Waals surface area (Å²) >= 11 is 1.83. The number of nitrogens with zero attached hydrogens (tertiary/aromatic N) is 2. The minimum Gasteiger partial charge on any atom is -0.377 e. The molecule has 11 heteroatoms. The first-order valence-corrected chi connectivity index (χ1v) is 16.8. The van der Waals surface area contributed by atoms with E-state index in [4.69, 9.17) is 13.8 Å². The minimum atomic E-state index is -4.38. The van der Waals surface area contributed by atoms with Crippen LogP contribution in [0, 0.1) is 11.8 Å². The minimum absolute atomic E-state index is 0.0154. The van der Waals surface area contributed by atoms with E-state index in [1.165, 1.54) is 0 Å². The normalized spacial score (nSPS) is 25.7. The van der Waals surface area contributed by atoms with Crippen LogP contribution in [0.5, 0.6) is 0 Å². The Morgan fingerprint density at radius 2 is 1.61 bits per heavy atom. The van der Waals surface area contributed by atoms with Gasteiger partial charge in [0, 0.05) is 25.9 Å². The predicted molar refractivity (Wildman–Crippen MR) is 152 cm³/mol. The van der Waals surface area contributed by atoms with Crippen molar-refractivity contribution in [3.8, 4) is 0 Å². The lowest BCUT2D eigenvalue weighted by molar-refractivity contribution is -0.134. The van der Waals surface area contributed by atoms with Crippen molar-refractivity contribution in [2.75, 3.05) is 32.1 Å². The van der Waals surface area contributed by atoms with Crippen molar-refractivity contribution in [2.24, 2.45) is 11.8 Å². The number of phosphoric ester groups is 1. The van der Waals surface area contributed by atoms with Crippen molar-refractivity contribution < 1.29 is 32.8 Å². The summed E-state index contributed by atoms with van der Waals surface area (Å²) in [5, 5.41) is 0.526. The molecule has 0 aromatic carbocycles. The van der Waals surface area contributed by atoms with E-state index in [0.29, 0.717) is 49.5 Å². The van der Waals surface area contributed by atoms with Gasteiger partial charge in [-0.3, -0.25) is 18.6 Å². The van der Waals surface area contributed by atoms with Crippen LogP contribution in [0.4, 0.5) is 0 Å². The van der Waals surface area contributed by atoms with E-state index >= 15 is 0 Å². The summed E-state index contributed by atoms with van der Waals surface area (Å²) in [6, 6.07) is -0.455. The molecular weight excluding hydrogens is 527 g/mol. The van der Waals surface area contributed by atoms with E-state index in [1.807, 2.05) is 25.6 Å². The zero-order chi connectivity index (χ0) is 28.5. The molecule has 0 radical (unpaired) electrons. The molecule has 0 aromatic rings. The monoisotopic (exact) mass is 578 g/mol. The van der Waals surface area contributed by atoms with Crippen molar-refractivity contribution in [3.63, 3.8) is 0 Å². The van der Waals surface area contributed by atoms with Crippen molar-refractivity contribution in [2.45, 2.75) is 117 Å². The third kappa shape index (κ3) is 11.8. The fourth-order valence-electron chi connectivity index (χ4n) is 4.97. The molecule has 2 saturated heterocycles. The summed E-state index contributed by atoms with van der Waals surface area (Å²) in [5.41, 5.74) is 0. The van der Waals surface area contributed by atoms with Crippen LogP contribution in [-0.2, 0) is 27.9 Å². The standard InChI is InChI=1S/C27H51N2O7PS/c1-19(2)10-11-27(31)28-15-22(7)13-23(28)18-35-37(32,33)36-25-14-24(17-34-20(3)4)29(16-25)26(30)9-8-12-38-21(5)6/h19-25H,8-18H2,1-7H3,(H,32,33)/t22-,23+,24+,25-/m1/s1. The van der Waals surface area contributed by atoms with Crippen LogP contribution in [-0.4, -0.2) is 88.1 Å². The predicted octanol–water partition coefficient (Wildman–Crippen LogP) is 5.11. The number of amides is 2. The maximum atomic E-state index is 13.0. The number of carbonyl (C=O) groups is 2. The fraction of sp³-hybridized carbons (Fsp3) is 0.926. The molecule has 2 fully saturated rings. The lowest BCUT2D eigenvalue weighted by Crippen LogP contribution is -2.39. The van der Waals surface area contributed by atoms with Crippen LogP contribution in [0.2, 0.25) is 0 Å². The van der Waals surface area contributed by atoms with Gasteiger partial charge >= 0.3 is 7.82 Å². The molecule has 1 N–H and O–H groups in total. The molecule has 5 atom stereocenters. The second-order valence-electron chi connectivity index (χ2n) is 11.8. The molecule has 0 bridgehead atoms. The molecule has 0 saturated carbocycles. The van der Waals surface area contributed by atoms with Crippen LogP contribution < -0.4 is 0 Å². The van der Waals surface area contributed by atoms with Gasteiger partial charge in [0.2, 0.25) is 11.8 Å². The molecule has 2 heterocycles. The number of thioether (sulfide) groups is 1. The zero-order valence-electron chi connectivity index (χ0n) is 24.5. The Balaban J connectivity index is 1.93. The summed E-state index contributed by atoms with van der Waals surface area (Å²) in [6.07, 6.45) is 3.03. The third-order valence-electron chi connectivity index (χ3n) is 6.90. The SMILES string of the molecule is CC(C)CCC(=O)N1C[C@H](C)C[C@H]1COP(=O)(O)O[C@@H]1C[C@@H](COC(C)C)N(C(=O)CCCSC(C)C)C1. The molecule has 0 spiro atoms. The molecule has 0 aromatic heterocycles. The summed E-state index contributed by atoms with van der Waals surface area (Å²) < 4.78 is 29.7. The first-order valence-electron chi connectivity index (χ1n) is 14.2. The molecule has 2 aliphatic heterocycles. The van der Waals surface area contributed by atoms with Crippen LogP contribution in [0.3, 0.4) is 0 Å². The van der Waals surface area contributed by atoms with E-state index in [1.54, 1.807) is 9.80 Å². The van der Waals surface area contributed by atoms with E-state index in [2.05, 4.69) is 34.6 Å². The Labute approximate surface area is 234 Å². The third-order valence-corrected chi connectivity index (χ3v) is 9.13. The number of rotatable bonds is 16. The highest BCUT2D eigenvalue weighted by Gasteiger charge is 2.41. The van der Waals surface area contributed by atoms with Crippen LogP contribution in [0.1, 0.15) is 87.0 Å². The van der Waals surface area contributed by atoms with E-state index in [-0.39, 0.29) is 43.2 Å². The van der Waals surface area contributed by atoms with Gasteiger partial charge in [-0.15, -0.1) is 0 Å². The second-order valence-corrected chi connectivity index (χ2v) is 14.9. The molecular formula is C27H51N2O7PS. The summed E-state index contributed by atoms with van der Waals surface area (Å²) in [5.74, 6) is 1.74. The van der Waals surface area contributed by atoms with Gasteiger partial charge in [-0.2, -0.15) is 11.8 Å². The summed E-state index contributed by atoms with van der Waals surface area (Å²) in [6.45, 7) is 15.6. The summed E-state index contributed by atoms with van der Waals surface area (Å²) in [7, 11) is -4.38. The maximum Gasteiger partial charge on any atom is 0.472 e. The topological polar surface area (TPSA) is 106 Å². The van der Waals surface area contributed by atoms with Crippen molar-refractivity contribution in [1.82, 2.24) is 9.80 Å². The van der Waals surface area contributed by atoms with Gasteiger partial charge in [-0.1, -0.05) is 34.6 Å². The second kappa shape index (κ2) is 16.0. The Kier molecular flexibility index (Phi) is 14.1. The van der Waals surface area contributed by atoms with Crippen molar-refractivity contribution >= 4 is 31.4 Å². The zero-order valence-corrected chi connectivity index (χ0v) is 26.2. The lowest BCUT2D eigenvalue weighted by atomic mass is 10.1. The summed E-state index contributed by atoms with van der Waals surface area (Å²) in [4.78, 5) is 39.8. The van der Waals surface area contributed by atoms with Crippen molar-refractivity contribution in [1.29, 1.82) is 0 Å². The van der Waals surface area contributed by atoms with Crippen molar-refractivity contribution in [3.05, 3.63) is 0 Å². The van der Waals surface area contributed by atoms with Crippen LogP contribution in [0.15, 0.2) is 0 Å². The molecule has 0 aliphatic carbocycles. The van der Waals surface area contributed by atoms with Gasteiger partial charge in [0.1, 0.15) is 0 Å². The Bertz CT molecular complexity index is 797. The molecule has 2 aliphatic rings. The molecule has 9 nitrogen and oxygen atoms in total. The molecule has 2 rings (SSSR count). The van der Waals surface area contributed by atoms with Crippen LogP contribution >= 0.6 is 19.6 Å². The highest BCUT2D eigenvalue weighted by Crippen LogP contribution is 2.47. The Hall–Kier alpha value is -0.640. The number of ether oxygens (including phenoxy) is 1.